The normalized spacial score (nSPS) is 13.5. The van der Waals surface area contributed by atoms with Gasteiger partial charge in [-0.05, 0) is 19.3 Å². The van der Waals surface area contributed by atoms with Crippen LogP contribution in [0, 0.1) is 0 Å². The number of hydrogen-bond donors (Lipinski definition) is 2. The first-order valence-electron chi connectivity index (χ1n) is 9.17. The molecule has 0 aliphatic rings. The third-order valence-electron chi connectivity index (χ3n) is 4.02. The number of carbonyl (C=O) groups is 1. The zero-order valence-corrected chi connectivity index (χ0v) is 14.8. The fourth-order valence-corrected chi connectivity index (χ4v) is 2.72. The maximum Gasteiger partial charge on any atom is 0.302 e. The van der Waals surface area contributed by atoms with Crippen molar-refractivity contribution in [3.05, 3.63) is 12.7 Å². The Labute approximate surface area is 141 Å². The molecule has 0 saturated carbocycles. The molecule has 0 saturated heterocycles. The van der Waals surface area contributed by atoms with E-state index in [-0.39, 0.29) is 6.61 Å². The van der Waals surface area contributed by atoms with Crippen LogP contribution in [0.3, 0.4) is 0 Å². The van der Waals surface area contributed by atoms with E-state index in [0.717, 1.165) is 19.3 Å². The van der Waals surface area contributed by atoms with Crippen molar-refractivity contribution < 1.29 is 19.7 Å². The van der Waals surface area contributed by atoms with Crippen LogP contribution >= 0.6 is 0 Å². The van der Waals surface area contributed by atoms with Gasteiger partial charge in [0.05, 0.1) is 12.7 Å². The van der Waals surface area contributed by atoms with Crippen molar-refractivity contribution in [1.29, 1.82) is 0 Å². The van der Waals surface area contributed by atoms with Crippen molar-refractivity contribution in [3.63, 3.8) is 0 Å². The van der Waals surface area contributed by atoms with Gasteiger partial charge in [0.15, 0.2) is 0 Å². The molecule has 0 fully saturated rings. The summed E-state index contributed by atoms with van der Waals surface area (Å²) in [6, 6.07) is 0. The standard InChI is InChI=1S/C19H36O4/c1-3-4-5-6-7-8-9-10-11-12-13-14-18(22)15-19(16-20)23-17(2)21/h3,18-20,22H,1,4-16H2,2H3/t18-,19-/m0/s1. The molecule has 0 bridgehead atoms. The second-order valence-electron chi connectivity index (χ2n) is 6.35. The highest BCUT2D eigenvalue weighted by Gasteiger charge is 2.16. The number of esters is 1. The zero-order valence-electron chi connectivity index (χ0n) is 14.8. The van der Waals surface area contributed by atoms with Gasteiger partial charge in [0, 0.05) is 13.3 Å². The van der Waals surface area contributed by atoms with Gasteiger partial charge in [-0.3, -0.25) is 4.79 Å². The van der Waals surface area contributed by atoms with Crippen molar-refractivity contribution >= 4 is 5.97 Å². The Hall–Kier alpha value is -0.870. The number of carbonyl (C=O) groups excluding carboxylic acids is 1. The van der Waals surface area contributed by atoms with E-state index < -0.39 is 18.2 Å². The number of unbranched alkanes of at least 4 members (excludes halogenated alkanes) is 9. The Morgan fingerprint density at radius 2 is 1.57 bits per heavy atom. The lowest BCUT2D eigenvalue weighted by atomic mass is 10.0. The van der Waals surface area contributed by atoms with Crippen LogP contribution in [0.1, 0.15) is 84.0 Å². The molecule has 0 heterocycles. The van der Waals surface area contributed by atoms with Crippen LogP contribution in [-0.4, -0.2) is 35.0 Å². The van der Waals surface area contributed by atoms with E-state index in [1.165, 1.54) is 51.9 Å². The summed E-state index contributed by atoms with van der Waals surface area (Å²) in [5.74, 6) is -0.416. The summed E-state index contributed by atoms with van der Waals surface area (Å²) in [7, 11) is 0. The number of hydrogen-bond acceptors (Lipinski definition) is 4. The monoisotopic (exact) mass is 328 g/mol. The largest absolute Gasteiger partial charge is 0.460 e. The molecule has 0 radical (unpaired) electrons. The number of ether oxygens (including phenoxy) is 1. The van der Waals surface area contributed by atoms with Gasteiger partial charge < -0.3 is 14.9 Å². The molecule has 0 aromatic rings. The Morgan fingerprint density at radius 3 is 2.04 bits per heavy atom. The molecule has 0 aliphatic heterocycles. The lowest BCUT2D eigenvalue weighted by molar-refractivity contribution is -0.149. The molecule has 0 aromatic carbocycles. The van der Waals surface area contributed by atoms with Gasteiger partial charge in [0.25, 0.3) is 0 Å². The Morgan fingerprint density at radius 1 is 1.04 bits per heavy atom. The minimum Gasteiger partial charge on any atom is -0.460 e. The molecule has 0 aliphatic carbocycles. The molecule has 23 heavy (non-hydrogen) atoms. The molecule has 0 aromatic heterocycles. The van der Waals surface area contributed by atoms with Crippen molar-refractivity contribution in [3.8, 4) is 0 Å². The molecule has 4 heteroatoms. The maximum absolute atomic E-state index is 10.8. The Balaban J connectivity index is 3.39. The minimum absolute atomic E-state index is 0.233. The molecule has 2 N–H and O–H groups in total. The van der Waals surface area contributed by atoms with Crippen LogP contribution in [0.5, 0.6) is 0 Å². The third-order valence-corrected chi connectivity index (χ3v) is 4.02. The molecule has 4 nitrogen and oxygen atoms in total. The first kappa shape index (κ1) is 22.1. The molecule has 0 rings (SSSR count). The average Bonchev–Trinajstić information content (AvgIpc) is 2.51. The van der Waals surface area contributed by atoms with E-state index in [4.69, 9.17) is 9.84 Å². The van der Waals surface area contributed by atoms with Crippen LogP contribution in [0.15, 0.2) is 12.7 Å². The molecular formula is C19H36O4. The summed E-state index contributed by atoms with van der Waals surface area (Å²) in [4.78, 5) is 10.8. The summed E-state index contributed by atoms with van der Waals surface area (Å²) >= 11 is 0. The van der Waals surface area contributed by atoms with E-state index in [2.05, 4.69) is 6.58 Å². The van der Waals surface area contributed by atoms with E-state index >= 15 is 0 Å². The number of allylic oxidation sites excluding steroid dienone is 1. The van der Waals surface area contributed by atoms with Crippen molar-refractivity contribution in [2.24, 2.45) is 0 Å². The predicted molar refractivity (Wildman–Crippen MR) is 94.2 cm³/mol. The molecule has 2 atom stereocenters. The topological polar surface area (TPSA) is 66.8 Å². The molecule has 0 unspecified atom stereocenters. The summed E-state index contributed by atoms with van der Waals surface area (Å²) < 4.78 is 4.92. The van der Waals surface area contributed by atoms with E-state index in [0.29, 0.717) is 12.8 Å². The summed E-state index contributed by atoms with van der Waals surface area (Å²) in [5.41, 5.74) is 0. The quantitative estimate of drug-likeness (QED) is 0.254. The van der Waals surface area contributed by atoms with Crippen LogP contribution in [0.4, 0.5) is 0 Å². The van der Waals surface area contributed by atoms with Gasteiger partial charge in [-0.1, -0.05) is 57.4 Å². The second kappa shape index (κ2) is 16.0. The minimum atomic E-state index is -0.580. The highest BCUT2D eigenvalue weighted by molar-refractivity contribution is 5.66. The second-order valence-corrected chi connectivity index (χ2v) is 6.35. The summed E-state index contributed by atoms with van der Waals surface area (Å²) in [6.07, 6.45) is 14.2. The maximum atomic E-state index is 10.8. The summed E-state index contributed by atoms with van der Waals surface area (Å²) in [6.45, 7) is 4.81. The van der Waals surface area contributed by atoms with Crippen molar-refractivity contribution in [2.75, 3.05) is 6.61 Å². The van der Waals surface area contributed by atoms with Crippen LogP contribution < -0.4 is 0 Å². The van der Waals surface area contributed by atoms with Gasteiger partial charge in [-0.25, -0.2) is 0 Å². The average molecular weight is 328 g/mol. The molecule has 136 valence electrons. The summed E-state index contributed by atoms with van der Waals surface area (Å²) in [5, 5.41) is 19.0. The van der Waals surface area contributed by atoms with Gasteiger partial charge in [-0.15, -0.1) is 6.58 Å². The van der Waals surface area contributed by atoms with E-state index in [1.807, 2.05) is 6.08 Å². The van der Waals surface area contributed by atoms with Crippen molar-refractivity contribution in [1.82, 2.24) is 0 Å². The Kier molecular flexibility index (Phi) is 15.4. The zero-order chi connectivity index (χ0) is 17.3. The van der Waals surface area contributed by atoms with Gasteiger partial charge in [0.2, 0.25) is 0 Å². The highest BCUT2D eigenvalue weighted by Crippen LogP contribution is 2.14. The van der Waals surface area contributed by atoms with E-state index in [1.54, 1.807) is 0 Å². The smallest absolute Gasteiger partial charge is 0.302 e. The van der Waals surface area contributed by atoms with Gasteiger partial charge in [0.1, 0.15) is 6.10 Å². The first-order chi connectivity index (χ1) is 11.1. The highest BCUT2D eigenvalue weighted by atomic mass is 16.5. The predicted octanol–water partition coefficient (Wildman–Crippen LogP) is 4.14. The number of rotatable bonds is 16. The lowest BCUT2D eigenvalue weighted by Crippen LogP contribution is -2.26. The number of aliphatic hydroxyl groups is 2. The van der Waals surface area contributed by atoms with Crippen LogP contribution in [-0.2, 0) is 9.53 Å². The molecule has 0 amide bonds. The van der Waals surface area contributed by atoms with Crippen molar-refractivity contribution in [2.45, 2.75) is 96.2 Å². The molecular weight excluding hydrogens is 292 g/mol. The van der Waals surface area contributed by atoms with Crippen LogP contribution in [0.25, 0.3) is 0 Å². The molecule has 0 spiro atoms. The van der Waals surface area contributed by atoms with Crippen LogP contribution in [0.2, 0.25) is 0 Å². The SMILES string of the molecule is C=CCCCCCCCCCCC[C@H](O)C[C@@H](CO)OC(C)=O. The van der Waals surface area contributed by atoms with Gasteiger partial charge >= 0.3 is 5.97 Å². The lowest BCUT2D eigenvalue weighted by Gasteiger charge is -2.18. The van der Waals surface area contributed by atoms with Gasteiger partial charge in [-0.2, -0.15) is 0 Å². The fourth-order valence-electron chi connectivity index (χ4n) is 2.72. The first-order valence-corrected chi connectivity index (χ1v) is 9.17. The third kappa shape index (κ3) is 15.8. The fraction of sp³-hybridized carbons (Fsp3) is 0.842. The Bertz CT molecular complexity index is 291. The number of aliphatic hydroxyl groups excluding tert-OH is 2. The van der Waals surface area contributed by atoms with E-state index in [9.17, 15) is 9.90 Å².